The fraction of sp³-hybridized carbons (Fsp3) is 0.562. The van der Waals surface area contributed by atoms with E-state index in [4.69, 9.17) is 4.74 Å². The Labute approximate surface area is 238 Å². The maximum Gasteiger partial charge on any atom is 0.410 e. The molecule has 0 unspecified atom stereocenters. The number of Topliss-reactive ketones (excluding diaryl/α,β-unsaturated/α-hetero) is 1. The second-order valence-corrected chi connectivity index (χ2v) is 11.8. The van der Waals surface area contributed by atoms with Crippen molar-refractivity contribution in [1.82, 2.24) is 14.8 Å². The van der Waals surface area contributed by atoms with Gasteiger partial charge in [-0.2, -0.15) is 0 Å². The zero-order valence-electron chi connectivity index (χ0n) is 24.6. The van der Waals surface area contributed by atoms with E-state index in [9.17, 15) is 18.8 Å². The molecule has 2 amide bonds. The quantitative estimate of drug-likeness (QED) is 0.382. The minimum Gasteiger partial charge on any atom is -0.444 e. The number of hydrogen-bond donors (Lipinski definition) is 0. The lowest BCUT2D eigenvalue weighted by molar-refractivity contribution is -0.138. The van der Waals surface area contributed by atoms with Crippen molar-refractivity contribution in [1.29, 1.82) is 0 Å². The molecule has 7 nitrogen and oxygen atoms in total. The summed E-state index contributed by atoms with van der Waals surface area (Å²) in [5, 5.41) is 0. The van der Waals surface area contributed by atoms with E-state index in [0.717, 1.165) is 18.8 Å². The number of carbonyl (C=O) groups is 3. The molecule has 2 aromatic rings. The van der Waals surface area contributed by atoms with Crippen LogP contribution in [-0.4, -0.2) is 64.3 Å². The molecule has 8 heteroatoms. The van der Waals surface area contributed by atoms with E-state index in [2.05, 4.69) is 11.9 Å². The first-order chi connectivity index (χ1) is 19.0. The van der Waals surface area contributed by atoms with Crippen LogP contribution in [0.15, 0.2) is 42.6 Å². The molecule has 0 atom stereocenters. The highest BCUT2D eigenvalue weighted by Gasteiger charge is 2.32. The van der Waals surface area contributed by atoms with Crippen molar-refractivity contribution < 1.29 is 23.5 Å². The molecule has 2 heterocycles. The van der Waals surface area contributed by atoms with Gasteiger partial charge in [-0.15, -0.1) is 0 Å². The molecule has 2 fully saturated rings. The molecule has 218 valence electrons. The van der Waals surface area contributed by atoms with Crippen molar-refractivity contribution in [2.75, 3.05) is 26.2 Å². The molecule has 1 aromatic heterocycles. The van der Waals surface area contributed by atoms with Crippen molar-refractivity contribution in [3.63, 3.8) is 0 Å². The summed E-state index contributed by atoms with van der Waals surface area (Å²) in [7, 11) is 0. The second kappa shape index (κ2) is 14.4. The number of aromatic nitrogens is 1. The maximum atomic E-state index is 13.0. The van der Waals surface area contributed by atoms with Crippen molar-refractivity contribution in [3.8, 4) is 11.3 Å². The maximum absolute atomic E-state index is 13.0. The van der Waals surface area contributed by atoms with E-state index in [0.29, 0.717) is 48.9 Å². The normalized spacial score (nSPS) is 19.4. The van der Waals surface area contributed by atoms with Crippen LogP contribution < -0.4 is 0 Å². The molecular weight excluding hydrogens is 509 g/mol. The molecule has 4 rings (SSSR count). The molecule has 0 spiro atoms. The smallest absolute Gasteiger partial charge is 0.410 e. The summed E-state index contributed by atoms with van der Waals surface area (Å²) in [6.07, 6.45) is 8.25. The molecule has 0 bridgehead atoms. The number of rotatable bonds is 5. The Hall–Kier alpha value is -3.29. The van der Waals surface area contributed by atoms with Crippen molar-refractivity contribution >= 4 is 17.8 Å². The molecule has 0 N–H and O–H groups in total. The van der Waals surface area contributed by atoms with Gasteiger partial charge in [0.2, 0.25) is 5.91 Å². The highest BCUT2D eigenvalue weighted by molar-refractivity contribution is 5.93. The molecule has 0 radical (unpaired) electrons. The van der Waals surface area contributed by atoms with Gasteiger partial charge in [-0.05, 0) is 83.6 Å². The molecule has 1 aromatic carbocycles. The third-order valence-electron chi connectivity index (χ3n) is 7.43. The number of nitrogens with zero attached hydrogens (tertiary/aromatic N) is 3. The predicted octanol–water partition coefficient (Wildman–Crippen LogP) is 6.76. The van der Waals surface area contributed by atoms with Crippen LogP contribution >= 0.6 is 0 Å². The number of piperazine rings is 1. The monoisotopic (exact) mass is 553 g/mol. The first-order valence-electron chi connectivity index (χ1n) is 14.5. The number of pyridine rings is 1. The summed E-state index contributed by atoms with van der Waals surface area (Å²) >= 11 is 0. The van der Waals surface area contributed by atoms with Crippen LogP contribution in [0.5, 0.6) is 0 Å². The van der Waals surface area contributed by atoms with Gasteiger partial charge in [0.05, 0.1) is 5.69 Å². The fourth-order valence-corrected chi connectivity index (χ4v) is 5.22. The van der Waals surface area contributed by atoms with Crippen LogP contribution in [0.25, 0.3) is 11.3 Å². The topological polar surface area (TPSA) is 79.8 Å². The van der Waals surface area contributed by atoms with Crippen molar-refractivity contribution in [2.45, 2.75) is 78.7 Å². The summed E-state index contributed by atoms with van der Waals surface area (Å²) in [6, 6.07) is 9.61. The largest absolute Gasteiger partial charge is 0.444 e. The van der Waals surface area contributed by atoms with E-state index in [-0.39, 0.29) is 23.6 Å². The van der Waals surface area contributed by atoms with Gasteiger partial charge >= 0.3 is 6.09 Å². The van der Waals surface area contributed by atoms with Gasteiger partial charge in [-0.25, -0.2) is 9.18 Å². The summed E-state index contributed by atoms with van der Waals surface area (Å²) in [6.45, 7) is 11.8. The SMILES string of the molecule is CC(=O)c1ccc(-c2cccc(F)c2)nc1.CCCC1CCC(C(=O)N2CCN(C(=O)OC(C)(C)C)CC2)CC1. The van der Waals surface area contributed by atoms with Crippen LogP contribution in [-0.2, 0) is 9.53 Å². The minimum absolute atomic E-state index is 0.0294. The Balaban J connectivity index is 0.000000238. The van der Waals surface area contributed by atoms with Crippen LogP contribution in [0, 0.1) is 17.7 Å². The number of hydrogen-bond acceptors (Lipinski definition) is 5. The van der Waals surface area contributed by atoms with Gasteiger partial charge in [-0.3, -0.25) is 14.6 Å². The van der Waals surface area contributed by atoms with Gasteiger partial charge in [0.15, 0.2) is 5.78 Å². The van der Waals surface area contributed by atoms with Crippen LogP contribution in [0.3, 0.4) is 0 Å². The number of amides is 2. The Morgan fingerprint density at radius 1 is 0.975 bits per heavy atom. The zero-order valence-corrected chi connectivity index (χ0v) is 24.6. The standard InChI is InChI=1S/C19H34N2O3.C13H10FNO/c1-5-6-15-7-9-16(10-8-15)17(22)20-11-13-21(14-12-20)18(23)24-19(2,3)4;1-9(16)11-5-6-13(15-8-11)10-3-2-4-12(14)7-10/h15-16H,5-14H2,1-4H3;2-8H,1H3. The second-order valence-electron chi connectivity index (χ2n) is 11.8. The number of carbonyl (C=O) groups excluding carboxylic acids is 3. The van der Waals surface area contributed by atoms with E-state index in [1.165, 1.54) is 50.9 Å². The van der Waals surface area contributed by atoms with Crippen molar-refractivity contribution in [2.24, 2.45) is 11.8 Å². The Kier molecular flexibility index (Phi) is 11.2. The number of benzene rings is 1. The third kappa shape index (κ3) is 9.42. The zero-order chi connectivity index (χ0) is 29.3. The number of ketones is 1. The molecule has 1 saturated carbocycles. The minimum atomic E-state index is -0.471. The van der Waals surface area contributed by atoms with Crippen LogP contribution in [0.4, 0.5) is 9.18 Å². The lowest BCUT2D eigenvalue weighted by atomic mass is 9.79. The van der Waals surface area contributed by atoms with Gasteiger partial charge in [0.25, 0.3) is 0 Å². The van der Waals surface area contributed by atoms with Gasteiger partial charge < -0.3 is 14.5 Å². The van der Waals surface area contributed by atoms with Crippen LogP contribution in [0.2, 0.25) is 0 Å². The van der Waals surface area contributed by atoms with E-state index >= 15 is 0 Å². The van der Waals surface area contributed by atoms with Crippen LogP contribution in [0.1, 0.15) is 83.5 Å². The molecule has 2 aliphatic rings. The Bertz CT molecular complexity index is 1130. The highest BCUT2D eigenvalue weighted by Crippen LogP contribution is 2.32. The van der Waals surface area contributed by atoms with E-state index in [1.54, 1.807) is 29.2 Å². The summed E-state index contributed by atoms with van der Waals surface area (Å²) in [4.78, 5) is 43.6. The Morgan fingerprint density at radius 3 is 2.15 bits per heavy atom. The molecule has 1 aliphatic carbocycles. The third-order valence-corrected chi connectivity index (χ3v) is 7.43. The molecule has 1 aliphatic heterocycles. The van der Waals surface area contributed by atoms with E-state index in [1.807, 2.05) is 25.7 Å². The van der Waals surface area contributed by atoms with E-state index < -0.39 is 5.60 Å². The van der Waals surface area contributed by atoms with Gasteiger partial charge in [-0.1, -0.05) is 31.9 Å². The molecular formula is C32H44FN3O4. The lowest BCUT2D eigenvalue weighted by Crippen LogP contribution is -2.53. The highest BCUT2D eigenvalue weighted by atomic mass is 19.1. The molecule has 1 saturated heterocycles. The van der Waals surface area contributed by atoms with Gasteiger partial charge in [0, 0.05) is 49.4 Å². The first-order valence-corrected chi connectivity index (χ1v) is 14.5. The van der Waals surface area contributed by atoms with Crippen molar-refractivity contribution in [3.05, 3.63) is 54.0 Å². The fourth-order valence-electron chi connectivity index (χ4n) is 5.22. The van der Waals surface area contributed by atoms with Gasteiger partial charge in [0.1, 0.15) is 11.4 Å². The average Bonchev–Trinajstić information content (AvgIpc) is 2.93. The Morgan fingerprint density at radius 2 is 1.62 bits per heavy atom. The predicted molar refractivity (Wildman–Crippen MR) is 154 cm³/mol. The number of ether oxygens (including phenoxy) is 1. The average molecular weight is 554 g/mol. The summed E-state index contributed by atoms with van der Waals surface area (Å²) < 4.78 is 18.4. The summed E-state index contributed by atoms with van der Waals surface area (Å²) in [5.74, 6) is 0.997. The number of halogens is 1. The lowest BCUT2D eigenvalue weighted by Gasteiger charge is -2.38. The molecule has 40 heavy (non-hydrogen) atoms. The summed E-state index contributed by atoms with van der Waals surface area (Å²) in [5.41, 5.74) is 1.45. The first kappa shape index (κ1) is 31.2.